The molecule has 1 heterocycles. The molecule has 0 fully saturated rings. The maximum absolute atomic E-state index is 4.06. The fourth-order valence-electron chi connectivity index (χ4n) is 0.880. The average molecular weight is 199 g/mol. The smallest absolute Gasteiger partial charge is 0.0520 e. The molecule has 84 valence electrons. The molecule has 0 N–H and O–H groups in total. The standard InChI is InChI=1S/C7H13N3.2C2H6/c1-9(2)6-7-4-5-8-10(7)3;2*1-2/h4-5H,6H2,1-3H3;2*1-2H3. The summed E-state index contributed by atoms with van der Waals surface area (Å²) in [4.78, 5) is 2.12. The Morgan fingerprint density at radius 3 is 2.00 bits per heavy atom. The van der Waals surface area contributed by atoms with Crippen LogP contribution in [0.25, 0.3) is 0 Å². The number of aryl methyl sites for hydroxylation is 1. The number of nitrogens with zero attached hydrogens (tertiary/aromatic N) is 3. The van der Waals surface area contributed by atoms with E-state index in [2.05, 4.69) is 10.00 Å². The van der Waals surface area contributed by atoms with Crippen molar-refractivity contribution in [1.29, 1.82) is 0 Å². The molecule has 0 saturated carbocycles. The van der Waals surface area contributed by atoms with E-state index in [9.17, 15) is 0 Å². The van der Waals surface area contributed by atoms with Gasteiger partial charge in [-0.2, -0.15) is 5.10 Å². The van der Waals surface area contributed by atoms with E-state index in [1.54, 1.807) is 0 Å². The van der Waals surface area contributed by atoms with Gasteiger partial charge in [-0.05, 0) is 20.2 Å². The van der Waals surface area contributed by atoms with Crippen LogP contribution in [0.2, 0.25) is 0 Å². The maximum atomic E-state index is 4.06. The fraction of sp³-hybridized carbons (Fsp3) is 0.727. The van der Waals surface area contributed by atoms with E-state index in [4.69, 9.17) is 0 Å². The van der Waals surface area contributed by atoms with Crippen LogP contribution in [0.4, 0.5) is 0 Å². The third-order valence-corrected chi connectivity index (χ3v) is 1.40. The second-order valence-corrected chi connectivity index (χ2v) is 2.68. The van der Waals surface area contributed by atoms with Gasteiger partial charge in [0.15, 0.2) is 0 Å². The molecule has 0 aliphatic heterocycles. The number of hydrogen-bond donors (Lipinski definition) is 0. The molecule has 1 rings (SSSR count). The van der Waals surface area contributed by atoms with E-state index >= 15 is 0 Å². The second kappa shape index (κ2) is 10.3. The Labute approximate surface area is 88.7 Å². The van der Waals surface area contributed by atoms with Crippen LogP contribution < -0.4 is 0 Å². The van der Waals surface area contributed by atoms with E-state index in [0.717, 1.165) is 6.54 Å². The van der Waals surface area contributed by atoms with Crippen molar-refractivity contribution >= 4 is 0 Å². The molecule has 0 aliphatic rings. The van der Waals surface area contributed by atoms with Crippen LogP contribution in [0.3, 0.4) is 0 Å². The molecule has 0 atom stereocenters. The van der Waals surface area contributed by atoms with Gasteiger partial charge in [0.05, 0.1) is 5.69 Å². The minimum Gasteiger partial charge on any atom is -0.304 e. The average Bonchev–Trinajstić information content (AvgIpc) is 2.58. The first-order valence-electron chi connectivity index (χ1n) is 5.32. The Balaban J connectivity index is 0. The molecule has 0 saturated heterocycles. The minimum absolute atomic E-state index is 0.955. The highest BCUT2D eigenvalue weighted by Crippen LogP contribution is 1.97. The summed E-state index contributed by atoms with van der Waals surface area (Å²) in [6.45, 7) is 8.95. The number of aromatic nitrogens is 2. The van der Waals surface area contributed by atoms with Crippen LogP contribution in [0, 0.1) is 0 Å². The molecular formula is C11H25N3. The highest BCUT2D eigenvalue weighted by atomic mass is 15.3. The van der Waals surface area contributed by atoms with Crippen LogP contribution in [-0.2, 0) is 13.6 Å². The van der Waals surface area contributed by atoms with Gasteiger partial charge >= 0.3 is 0 Å². The summed E-state index contributed by atoms with van der Waals surface area (Å²) in [5, 5.41) is 4.06. The van der Waals surface area contributed by atoms with Gasteiger partial charge in [-0.15, -0.1) is 0 Å². The molecule has 1 aromatic rings. The van der Waals surface area contributed by atoms with E-state index in [1.165, 1.54) is 5.69 Å². The quantitative estimate of drug-likeness (QED) is 0.730. The normalized spacial score (nSPS) is 8.57. The molecule has 0 radical (unpaired) electrons. The zero-order valence-electron chi connectivity index (χ0n) is 10.7. The lowest BCUT2D eigenvalue weighted by molar-refractivity contribution is 0.387. The van der Waals surface area contributed by atoms with Crippen molar-refractivity contribution in [2.24, 2.45) is 7.05 Å². The lowest BCUT2D eigenvalue weighted by Crippen LogP contribution is -2.13. The Hall–Kier alpha value is -0.830. The summed E-state index contributed by atoms with van der Waals surface area (Å²) in [7, 11) is 6.05. The molecule has 1 aromatic heterocycles. The SMILES string of the molecule is CC.CC.CN(C)Cc1ccnn1C. The van der Waals surface area contributed by atoms with Crippen LogP contribution >= 0.6 is 0 Å². The first kappa shape index (κ1) is 15.6. The summed E-state index contributed by atoms with van der Waals surface area (Å²) in [6, 6.07) is 2.03. The molecule has 0 spiro atoms. The van der Waals surface area contributed by atoms with Crippen molar-refractivity contribution in [3.05, 3.63) is 18.0 Å². The molecule has 0 unspecified atom stereocenters. The summed E-state index contributed by atoms with van der Waals surface area (Å²) in [6.07, 6.45) is 1.82. The molecule has 0 aromatic carbocycles. The number of rotatable bonds is 2. The molecule has 0 aliphatic carbocycles. The Bertz CT molecular complexity index is 204. The first-order chi connectivity index (χ1) is 6.70. The van der Waals surface area contributed by atoms with E-state index in [1.807, 2.05) is 65.8 Å². The van der Waals surface area contributed by atoms with Crippen molar-refractivity contribution in [2.75, 3.05) is 14.1 Å². The third-order valence-electron chi connectivity index (χ3n) is 1.40. The van der Waals surface area contributed by atoms with E-state index in [-0.39, 0.29) is 0 Å². The minimum atomic E-state index is 0.955. The monoisotopic (exact) mass is 199 g/mol. The van der Waals surface area contributed by atoms with Crippen molar-refractivity contribution in [3.63, 3.8) is 0 Å². The van der Waals surface area contributed by atoms with E-state index in [0.29, 0.717) is 0 Å². The lowest BCUT2D eigenvalue weighted by atomic mass is 10.4. The van der Waals surface area contributed by atoms with E-state index < -0.39 is 0 Å². The molecule has 0 bridgehead atoms. The zero-order chi connectivity index (χ0) is 11.6. The molecule has 3 heteroatoms. The molecule has 0 amide bonds. The van der Waals surface area contributed by atoms with Gasteiger partial charge in [0, 0.05) is 19.8 Å². The topological polar surface area (TPSA) is 21.1 Å². The van der Waals surface area contributed by atoms with Crippen LogP contribution in [0.15, 0.2) is 12.3 Å². The second-order valence-electron chi connectivity index (χ2n) is 2.68. The van der Waals surface area contributed by atoms with Crippen LogP contribution in [0.1, 0.15) is 33.4 Å². The van der Waals surface area contributed by atoms with Gasteiger partial charge < -0.3 is 4.90 Å². The summed E-state index contributed by atoms with van der Waals surface area (Å²) < 4.78 is 1.89. The van der Waals surface area contributed by atoms with Crippen molar-refractivity contribution in [1.82, 2.24) is 14.7 Å². The highest BCUT2D eigenvalue weighted by molar-refractivity contribution is 4.98. The Morgan fingerprint density at radius 1 is 1.21 bits per heavy atom. The maximum Gasteiger partial charge on any atom is 0.0520 e. The Morgan fingerprint density at radius 2 is 1.71 bits per heavy atom. The predicted molar refractivity (Wildman–Crippen MR) is 63.3 cm³/mol. The van der Waals surface area contributed by atoms with Crippen LogP contribution in [-0.4, -0.2) is 28.8 Å². The van der Waals surface area contributed by atoms with Gasteiger partial charge in [0.2, 0.25) is 0 Å². The molecular weight excluding hydrogens is 174 g/mol. The summed E-state index contributed by atoms with van der Waals surface area (Å²) in [5.41, 5.74) is 1.24. The fourth-order valence-corrected chi connectivity index (χ4v) is 0.880. The van der Waals surface area contributed by atoms with Crippen molar-refractivity contribution in [3.8, 4) is 0 Å². The van der Waals surface area contributed by atoms with Gasteiger partial charge in [-0.25, -0.2) is 0 Å². The van der Waals surface area contributed by atoms with Crippen molar-refractivity contribution in [2.45, 2.75) is 34.2 Å². The third kappa shape index (κ3) is 6.66. The largest absolute Gasteiger partial charge is 0.304 e. The highest BCUT2D eigenvalue weighted by Gasteiger charge is 1.97. The zero-order valence-corrected chi connectivity index (χ0v) is 10.7. The van der Waals surface area contributed by atoms with Crippen LogP contribution in [0.5, 0.6) is 0 Å². The van der Waals surface area contributed by atoms with Crippen molar-refractivity contribution < 1.29 is 0 Å². The predicted octanol–water partition coefficient (Wildman–Crippen LogP) is 2.53. The van der Waals surface area contributed by atoms with Gasteiger partial charge in [0.25, 0.3) is 0 Å². The first-order valence-corrected chi connectivity index (χ1v) is 5.32. The molecule has 14 heavy (non-hydrogen) atoms. The van der Waals surface area contributed by atoms with Gasteiger partial charge in [-0.1, -0.05) is 27.7 Å². The van der Waals surface area contributed by atoms with Gasteiger partial charge in [0.1, 0.15) is 0 Å². The lowest BCUT2D eigenvalue weighted by Gasteiger charge is -2.08. The number of hydrogen-bond acceptors (Lipinski definition) is 2. The molecule has 3 nitrogen and oxygen atoms in total. The summed E-state index contributed by atoms with van der Waals surface area (Å²) in [5.74, 6) is 0. The Kier molecular flexibility index (Phi) is 11.4. The summed E-state index contributed by atoms with van der Waals surface area (Å²) >= 11 is 0. The van der Waals surface area contributed by atoms with Gasteiger partial charge in [-0.3, -0.25) is 4.68 Å².